The zero-order chi connectivity index (χ0) is 20.3. The number of alkyl halides is 3. The molecule has 1 atom stereocenters. The van der Waals surface area contributed by atoms with E-state index in [0.717, 1.165) is 12.1 Å². The Kier molecular flexibility index (Phi) is 5.58. The number of nitrogens with one attached hydrogen (secondary N) is 1. The topological polar surface area (TPSA) is 58.6 Å². The van der Waals surface area contributed by atoms with E-state index < -0.39 is 23.6 Å². The van der Waals surface area contributed by atoms with Gasteiger partial charge in [-0.05, 0) is 37.3 Å². The lowest BCUT2D eigenvalue weighted by Gasteiger charge is -2.18. The fraction of sp³-hybridized carbons (Fsp3) is 0.300. The average molecular weight is 392 g/mol. The van der Waals surface area contributed by atoms with E-state index in [1.807, 2.05) is 6.07 Å². The van der Waals surface area contributed by atoms with Gasteiger partial charge in [-0.1, -0.05) is 18.2 Å². The van der Waals surface area contributed by atoms with Gasteiger partial charge in [0.05, 0.1) is 23.8 Å². The molecule has 1 unspecified atom stereocenters. The highest BCUT2D eigenvalue weighted by Gasteiger charge is 2.36. The van der Waals surface area contributed by atoms with Crippen molar-refractivity contribution < 1.29 is 27.5 Å². The van der Waals surface area contributed by atoms with Crippen LogP contribution < -0.4 is 15.0 Å². The molecule has 0 spiro atoms. The van der Waals surface area contributed by atoms with Crippen molar-refractivity contribution >= 4 is 23.2 Å². The van der Waals surface area contributed by atoms with Gasteiger partial charge >= 0.3 is 6.18 Å². The quantitative estimate of drug-likeness (QED) is 0.834. The van der Waals surface area contributed by atoms with Gasteiger partial charge in [0.2, 0.25) is 11.8 Å². The maximum atomic E-state index is 13.0. The van der Waals surface area contributed by atoms with Gasteiger partial charge in [-0.25, -0.2) is 0 Å². The van der Waals surface area contributed by atoms with Crippen molar-refractivity contribution in [2.75, 3.05) is 23.4 Å². The Morgan fingerprint density at radius 2 is 1.93 bits per heavy atom. The lowest BCUT2D eigenvalue weighted by molar-refractivity contribution is -0.137. The van der Waals surface area contributed by atoms with E-state index >= 15 is 0 Å². The molecule has 0 aliphatic carbocycles. The van der Waals surface area contributed by atoms with Crippen LogP contribution in [0.25, 0.3) is 0 Å². The van der Waals surface area contributed by atoms with Crippen molar-refractivity contribution in [1.29, 1.82) is 0 Å². The molecule has 28 heavy (non-hydrogen) atoms. The van der Waals surface area contributed by atoms with Crippen LogP contribution in [-0.4, -0.2) is 25.0 Å². The van der Waals surface area contributed by atoms with Crippen molar-refractivity contribution in [3.63, 3.8) is 0 Å². The standard InChI is InChI=1S/C20H19F3N2O3/c1-2-28-17-9-8-14(20(21,22)23)11-16(17)24-19(27)13-10-18(26)25(12-13)15-6-4-3-5-7-15/h3-9,11,13H,2,10,12H2,1H3,(H,24,27). The van der Waals surface area contributed by atoms with Gasteiger partial charge in [0.15, 0.2) is 0 Å². The monoisotopic (exact) mass is 392 g/mol. The van der Waals surface area contributed by atoms with Gasteiger partial charge in [0.25, 0.3) is 0 Å². The van der Waals surface area contributed by atoms with Crippen molar-refractivity contribution in [3.8, 4) is 5.75 Å². The minimum absolute atomic E-state index is 0.0103. The fourth-order valence-corrected chi connectivity index (χ4v) is 3.06. The van der Waals surface area contributed by atoms with Crippen molar-refractivity contribution in [2.24, 2.45) is 5.92 Å². The third-order valence-electron chi connectivity index (χ3n) is 4.43. The molecule has 0 radical (unpaired) electrons. The first-order chi connectivity index (χ1) is 13.3. The fourth-order valence-electron chi connectivity index (χ4n) is 3.06. The molecule has 1 saturated heterocycles. The smallest absolute Gasteiger partial charge is 0.416 e. The largest absolute Gasteiger partial charge is 0.492 e. The first kappa shape index (κ1) is 19.7. The predicted octanol–water partition coefficient (Wildman–Crippen LogP) is 4.10. The van der Waals surface area contributed by atoms with Gasteiger partial charge in [-0.3, -0.25) is 9.59 Å². The highest BCUT2D eigenvalue weighted by atomic mass is 19.4. The summed E-state index contributed by atoms with van der Waals surface area (Å²) in [4.78, 5) is 26.4. The van der Waals surface area contributed by atoms with E-state index in [2.05, 4.69) is 5.32 Å². The second-order valence-electron chi connectivity index (χ2n) is 6.37. The molecule has 0 bridgehead atoms. The van der Waals surface area contributed by atoms with Crippen molar-refractivity contribution in [1.82, 2.24) is 0 Å². The molecular formula is C20H19F3N2O3. The molecule has 2 aromatic carbocycles. The number of halogens is 3. The van der Waals surface area contributed by atoms with Crippen molar-refractivity contribution in [2.45, 2.75) is 19.5 Å². The van der Waals surface area contributed by atoms with Crippen LogP contribution in [0.5, 0.6) is 5.75 Å². The number of benzene rings is 2. The SMILES string of the molecule is CCOc1ccc(C(F)(F)F)cc1NC(=O)C1CC(=O)N(c2ccccc2)C1. The Morgan fingerprint density at radius 3 is 2.57 bits per heavy atom. The molecule has 2 aromatic rings. The number of nitrogens with zero attached hydrogens (tertiary/aromatic N) is 1. The summed E-state index contributed by atoms with van der Waals surface area (Å²) in [6.45, 7) is 2.09. The normalized spacial score (nSPS) is 16.9. The van der Waals surface area contributed by atoms with E-state index in [0.29, 0.717) is 5.69 Å². The number of amides is 2. The van der Waals surface area contributed by atoms with Crippen LogP contribution in [0.15, 0.2) is 48.5 Å². The van der Waals surface area contributed by atoms with Crippen LogP contribution in [0.2, 0.25) is 0 Å². The molecule has 2 amide bonds. The number of hydrogen-bond donors (Lipinski definition) is 1. The first-order valence-corrected chi connectivity index (χ1v) is 8.80. The number of carbonyl (C=O) groups excluding carboxylic acids is 2. The first-order valence-electron chi connectivity index (χ1n) is 8.80. The molecule has 1 aliphatic heterocycles. The van der Waals surface area contributed by atoms with Crippen LogP contribution in [0.4, 0.5) is 24.5 Å². The minimum atomic E-state index is -4.54. The molecule has 148 valence electrons. The Bertz CT molecular complexity index is 869. The second kappa shape index (κ2) is 7.92. The zero-order valence-electron chi connectivity index (χ0n) is 15.1. The number of hydrogen-bond acceptors (Lipinski definition) is 3. The van der Waals surface area contributed by atoms with Crippen LogP contribution in [0.3, 0.4) is 0 Å². The molecule has 0 saturated carbocycles. The van der Waals surface area contributed by atoms with Crippen LogP contribution in [-0.2, 0) is 15.8 Å². The van der Waals surface area contributed by atoms with Crippen LogP contribution in [0.1, 0.15) is 18.9 Å². The Hall–Kier alpha value is -3.03. The maximum absolute atomic E-state index is 13.0. The molecule has 1 fully saturated rings. The number of carbonyl (C=O) groups is 2. The van der Waals surface area contributed by atoms with Gasteiger partial charge in [0, 0.05) is 18.7 Å². The summed E-state index contributed by atoms with van der Waals surface area (Å²) >= 11 is 0. The average Bonchev–Trinajstić information content (AvgIpc) is 3.05. The molecule has 1 N–H and O–H groups in total. The summed E-state index contributed by atoms with van der Waals surface area (Å²) in [7, 11) is 0. The summed E-state index contributed by atoms with van der Waals surface area (Å²) in [5.41, 5.74) is -0.274. The van der Waals surface area contributed by atoms with E-state index in [1.54, 1.807) is 31.2 Å². The van der Waals surface area contributed by atoms with Gasteiger partial charge in [0.1, 0.15) is 5.75 Å². The van der Waals surface area contributed by atoms with E-state index in [9.17, 15) is 22.8 Å². The van der Waals surface area contributed by atoms with E-state index in [1.165, 1.54) is 11.0 Å². The van der Waals surface area contributed by atoms with E-state index in [-0.39, 0.29) is 36.9 Å². The minimum Gasteiger partial charge on any atom is -0.492 e. The highest BCUT2D eigenvalue weighted by Crippen LogP contribution is 2.35. The number of anilines is 2. The van der Waals surface area contributed by atoms with E-state index in [4.69, 9.17) is 4.74 Å². The third-order valence-corrected chi connectivity index (χ3v) is 4.43. The second-order valence-corrected chi connectivity index (χ2v) is 6.37. The number of rotatable bonds is 5. The molecule has 8 heteroatoms. The molecule has 1 heterocycles. The Labute approximate surface area is 160 Å². The molecule has 5 nitrogen and oxygen atoms in total. The number of ether oxygens (including phenoxy) is 1. The van der Waals surface area contributed by atoms with Gasteiger partial charge < -0.3 is 15.0 Å². The number of para-hydroxylation sites is 1. The summed E-state index contributed by atoms with van der Waals surface area (Å²) in [5, 5.41) is 2.50. The summed E-state index contributed by atoms with van der Waals surface area (Å²) in [5.74, 6) is -1.25. The van der Waals surface area contributed by atoms with Crippen molar-refractivity contribution in [3.05, 3.63) is 54.1 Å². The Balaban J connectivity index is 1.78. The lowest BCUT2D eigenvalue weighted by atomic mass is 10.1. The lowest BCUT2D eigenvalue weighted by Crippen LogP contribution is -2.28. The molecule has 0 aromatic heterocycles. The molecular weight excluding hydrogens is 373 g/mol. The highest BCUT2D eigenvalue weighted by molar-refractivity contribution is 6.03. The summed E-state index contributed by atoms with van der Waals surface area (Å²) in [6, 6.07) is 11.8. The van der Waals surface area contributed by atoms with Gasteiger partial charge in [-0.2, -0.15) is 13.2 Å². The van der Waals surface area contributed by atoms with Gasteiger partial charge in [-0.15, -0.1) is 0 Å². The maximum Gasteiger partial charge on any atom is 0.416 e. The third kappa shape index (κ3) is 4.27. The van der Waals surface area contributed by atoms with Crippen LogP contribution >= 0.6 is 0 Å². The Morgan fingerprint density at radius 1 is 1.21 bits per heavy atom. The predicted molar refractivity (Wildman–Crippen MR) is 98.1 cm³/mol. The summed E-state index contributed by atoms with van der Waals surface area (Å²) in [6.07, 6.45) is -4.55. The van der Waals surface area contributed by atoms with Crippen LogP contribution in [0, 0.1) is 5.92 Å². The zero-order valence-corrected chi connectivity index (χ0v) is 15.1. The molecule has 3 rings (SSSR count). The summed E-state index contributed by atoms with van der Waals surface area (Å²) < 4.78 is 44.3. The molecule has 1 aliphatic rings.